The molecule has 0 aliphatic carbocycles. The van der Waals surface area contributed by atoms with Crippen LogP contribution in [0.2, 0.25) is 0 Å². The van der Waals surface area contributed by atoms with Crippen LogP contribution in [0.4, 0.5) is 5.69 Å². The van der Waals surface area contributed by atoms with Gasteiger partial charge in [0, 0.05) is 31.2 Å². The molecular weight excluding hydrogens is 280 g/mol. The van der Waals surface area contributed by atoms with E-state index in [9.17, 15) is 4.79 Å². The maximum absolute atomic E-state index is 12.0. The first-order chi connectivity index (χ1) is 9.33. The van der Waals surface area contributed by atoms with Crippen LogP contribution in [-0.4, -0.2) is 41.7 Å². The number of carbonyl (C=O) groups is 1. The maximum Gasteiger partial charge on any atom is 0.254 e. The minimum absolute atomic E-state index is 0. The summed E-state index contributed by atoms with van der Waals surface area (Å²) in [5.74, 6) is -0.143. The van der Waals surface area contributed by atoms with E-state index in [-0.39, 0.29) is 18.3 Å². The van der Waals surface area contributed by atoms with Gasteiger partial charge in [-0.1, -0.05) is 0 Å². The monoisotopic (exact) mass is 294 g/mol. The topological polar surface area (TPSA) is 76.1 Å². The quantitative estimate of drug-likeness (QED) is 0.863. The molecule has 3 rings (SSSR count). The Kier molecular flexibility index (Phi) is 4.84. The summed E-state index contributed by atoms with van der Waals surface area (Å²) in [7, 11) is 0. The number of anilines is 1. The molecule has 2 heterocycles. The Hall–Kier alpha value is -1.76. The van der Waals surface area contributed by atoms with Crippen LogP contribution >= 0.6 is 12.4 Å². The first-order valence-corrected chi connectivity index (χ1v) is 6.17. The second-order valence-corrected chi connectivity index (χ2v) is 4.31. The van der Waals surface area contributed by atoms with Crippen molar-refractivity contribution in [3.8, 4) is 0 Å². The van der Waals surface area contributed by atoms with E-state index in [1.165, 1.54) is 0 Å². The first-order valence-electron chi connectivity index (χ1n) is 6.17. The Bertz CT molecular complexity index is 602. The zero-order valence-electron chi connectivity index (χ0n) is 10.7. The van der Waals surface area contributed by atoms with E-state index in [4.69, 9.17) is 4.74 Å². The fraction of sp³-hybridized carbons (Fsp3) is 0.308. The van der Waals surface area contributed by atoms with E-state index in [1.54, 1.807) is 18.5 Å². The van der Waals surface area contributed by atoms with Crippen molar-refractivity contribution in [2.45, 2.75) is 6.10 Å². The summed E-state index contributed by atoms with van der Waals surface area (Å²) in [5, 5.41) is 5.96. The Labute approximate surface area is 122 Å². The van der Waals surface area contributed by atoms with Gasteiger partial charge in [0.2, 0.25) is 0 Å². The highest BCUT2D eigenvalue weighted by atomic mass is 35.5. The molecule has 6 nitrogen and oxygen atoms in total. The van der Waals surface area contributed by atoms with Crippen molar-refractivity contribution in [2.75, 3.05) is 25.0 Å². The van der Waals surface area contributed by atoms with E-state index in [2.05, 4.69) is 20.6 Å². The van der Waals surface area contributed by atoms with Crippen molar-refractivity contribution >= 4 is 35.0 Å². The number of aromatic nitrogens is 2. The number of hydrogen-bond acceptors (Lipinski definition) is 5. The SMILES string of the molecule is Cl.O=C(Nc1ccc2nccnc2c1)C1CNCCO1. The largest absolute Gasteiger partial charge is 0.366 e. The van der Waals surface area contributed by atoms with Gasteiger partial charge >= 0.3 is 0 Å². The summed E-state index contributed by atoms with van der Waals surface area (Å²) in [6, 6.07) is 5.44. The number of ether oxygens (including phenoxy) is 1. The smallest absolute Gasteiger partial charge is 0.254 e. The van der Waals surface area contributed by atoms with E-state index in [0.717, 1.165) is 17.6 Å². The van der Waals surface area contributed by atoms with Crippen LogP contribution in [-0.2, 0) is 9.53 Å². The lowest BCUT2D eigenvalue weighted by molar-refractivity contribution is -0.128. The van der Waals surface area contributed by atoms with E-state index >= 15 is 0 Å². The molecule has 0 radical (unpaired) electrons. The van der Waals surface area contributed by atoms with Gasteiger partial charge in [-0.05, 0) is 18.2 Å². The second kappa shape index (κ2) is 6.60. The number of rotatable bonds is 2. The van der Waals surface area contributed by atoms with Gasteiger partial charge in [0.15, 0.2) is 0 Å². The first kappa shape index (κ1) is 14.6. The molecule has 20 heavy (non-hydrogen) atoms. The standard InChI is InChI=1S/C13H14N4O2.ClH/c18-13(12-8-14-5-6-19-12)17-9-1-2-10-11(7-9)16-4-3-15-10;/h1-4,7,12,14H,5-6,8H2,(H,17,18);1H. The van der Waals surface area contributed by atoms with Crippen LogP contribution in [0.5, 0.6) is 0 Å². The van der Waals surface area contributed by atoms with Gasteiger partial charge in [-0.2, -0.15) is 0 Å². The van der Waals surface area contributed by atoms with Crippen molar-refractivity contribution in [1.82, 2.24) is 15.3 Å². The lowest BCUT2D eigenvalue weighted by Crippen LogP contribution is -2.45. The molecule has 7 heteroatoms. The van der Waals surface area contributed by atoms with Crippen LogP contribution in [0.3, 0.4) is 0 Å². The third-order valence-electron chi connectivity index (χ3n) is 2.96. The van der Waals surface area contributed by atoms with Crippen molar-refractivity contribution in [3.63, 3.8) is 0 Å². The molecule has 1 aliphatic heterocycles. The number of amides is 1. The lowest BCUT2D eigenvalue weighted by Gasteiger charge is -2.22. The van der Waals surface area contributed by atoms with Crippen LogP contribution in [0.15, 0.2) is 30.6 Å². The number of halogens is 1. The van der Waals surface area contributed by atoms with E-state index in [1.807, 2.05) is 12.1 Å². The number of fused-ring (bicyclic) bond motifs is 1. The van der Waals surface area contributed by atoms with Crippen LogP contribution < -0.4 is 10.6 Å². The highest BCUT2D eigenvalue weighted by Crippen LogP contribution is 2.15. The summed E-state index contributed by atoms with van der Waals surface area (Å²) in [6.45, 7) is 1.88. The molecule has 0 bridgehead atoms. The molecule has 1 atom stereocenters. The molecule has 1 aliphatic rings. The van der Waals surface area contributed by atoms with Gasteiger partial charge in [-0.3, -0.25) is 14.8 Å². The molecule has 106 valence electrons. The maximum atomic E-state index is 12.0. The fourth-order valence-electron chi connectivity index (χ4n) is 2.00. The van der Waals surface area contributed by atoms with Crippen molar-refractivity contribution in [2.24, 2.45) is 0 Å². The number of hydrogen-bond donors (Lipinski definition) is 2. The Balaban J connectivity index is 0.00000147. The Morgan fingerprint density at radius 2 is 2.10 bits per heavy atom. The molecule has 2 N–H and O–H groups in total. The van der Waals surface area contributed by atoms with Crippen LogP contribution in [0, 0.1) is 0 Å². The lowest BCUT2D eigenvalue weighted by atomic mass is 10.2. The van der Waals surface area contributed by atoms with Crippen molar-refractivity contribution < 1.29 is 9.53 Å². The second-order valence-electron chi connectivity index (χ2n) is 4.31. The van der Waals surface area contributed by atoms with Gasteiger partial charge in [0.1, 0.15) is 6.10 Å². The minimum Gasteiger partial charge on any atom is -0.366 e. The van der Waals surface area contributed by atoms with Gasteiger partial charge in [0.25, 0.3) is 5.91 Å². The number of carbonyl (C=O) groups excluding carboxylic acids is 1. The van der Waals surface area contributed by atoms with Gasteiger partial charge < -0.3 is 15.4 Å². The minimum atomic E-state index is -0.439. The van der Waals surface area contributed by atoms with E-state index < -0.39 is 6.10 Å². The zero-order valence-corrected chi connectivity index (χ0v) is 11.5. The third kappa shape index (κ3) is 3.22. The zero-order chi connectivity index (χ0) is 13.1. The predicted octanol–water partition coefficient (Wildman–Crippen LogP) is 0.978. The highest BCUT2D eigenvalue weighted by molar-refractivity contribution is 5.96. The number of nitrogens with zero attached hydrogens (tertiary/aromatic N) is 2. The summed E-state index contributed by atoms with van der Waals surface area (Å²) in [6.07, 6.45) is 2.83. The van der Waals surface area contributed by atoms with E-state index in [0.29, 0.717) is 18.8 Å². The Morgan fingerprint density at radius 1 is 1.30 bits per heavy atom. The summed E-state index contributed by atoms with van der Waals surface area (Å²) >= 11 is 0. The molecule has 1 aromatic carbocycles. The molecular formula is C13H15ClN4O2. The molecule has 1 saturated heterocycles. The van der Waals surface area contributed by atoms with Crippen molar-refractivity contribution in [1.29, 1.82) is 0 Å². The highest BCUT2D eigenvalue weighted by Gasteiger charge is 2.21. The molecule has 0 spiro atoms. The van der Waals surface area contributed by atoms with Gasteiger partial charge in [-0.25, -0.2) is 0 Å². The average molecular weight is 295 g/mol. The number of nitrogens with one attached hydrogen (secondary N) is 2. The predicted molar refractivity (Wildman–Crippen MR) is 78.0 cm³/mol. The van der Waals surface area contributed by atoms with Crippen LogP contribution in [0.1, 0.15) is 0 Å². The summed E-state index contributed by atoms with van der Waals surface area (Å²) in [5.41, 5.74) is 2.26. The normalized spacial score (nSPS) is 18.3. The fourth-order valence-corrected chi connectivity index (χ4v) is 2.00. The summed E-state index contributed by atoms with van der Waals surface area (Å²) in [4.78, 5) is 20.4. The van der Waals surface area contributed by atoms with Gasteiger partial charge in [0.05, 0.1) is 17.6 Å². The van der Waals surface area contributed by atoms with Crippen molar-refractivity contribution in [3.05, 3.63) is 30.6 Å². The molecule has 1 aromatic heterocycles. The number of benzene rings is 1. The molecule has 1 unspecified atom stereocenters. The van der Waals surface area contributed by atoms with Gasteiger partial charge in [-0.15, -0.1) is 12.4 Å². The molecule has 1 amide bonds. The Morgan fingerprint density at radius 3 is 2.85 bits per heavy atom. The average Bonchev–Trinajstić information content (AvgIpc) is 2.48. The molecule has 0 saturated carbocycles. The molecule has 1 fully saturated rings. The third-order valence-corrected chi connectivity index (χ3v) is 2.96. The summed E-state index contributed by atoms with van der Waals surface area (Å²) < 4.78 is 5.40. The molecule has 2 aromatic rings. The number of morpholine rings is 1. The van der Waals surface area contributed by atoms with Crippen LogP contribution in [0.25, 0.3) is 11.0 Å².